The number of ether oxygens (including phenoxy) is 1. The average Bonchev–Trinajstić information content (AvgIpc) is 2.85. The molecule has 0 spiro atoms. The van der Waals surface area contributed by atoms with E-state index < -0.39 is 0 Å². The van der Waals surface area contributed by atoms with E-state index in [1.165, 1.54) is 12.8 Å². The van der Waals surface area contributed by atoms with Crippen molar-refractivity contribution in [2.24, 2.45) is 0 Å². The third-order valence-corrected chi connectivity index (χ3v) is 2.19. The average molecular weight is 188 g/mol. The van der Waals surface area contributed by atoms with Gasteiger partial charge in [0.2, 0.25) is 0 Å². The molecule has 0 amide bonds. The van der Waals surface area contributed by atoms with Crippen molar-refractivity contribution in [2.45, 2.75) is 24.8 Å². The minimum atomic E-state index is 0.396. The Morgan fingerprint density at radius 3 is 2.83 bits per heavy atom. The Bertz CT molecular complexity index is 261. The number of halogens is 1. The van der Waals surface area contributed by atoms with E-state index in [-0.39, 0.29) is 0 Å². The van der Waals surface area contributed by atoms with Gasteiger partial charge in [0.25, 0.3) is 0 Å². The molecular weight excluding hydrogens is 178 g/mol. The van der Waals surface area contributed by atoms with Crippen LogP contribution in [0, 0.1) is 0 Å². The molecule has 1 aliphatic rings. The van der Waals surface area contributed by atoms with Crippen LogP contribution in [0.5, 0.6) is 6.01 Å². The molecule has 5 heteroatoms. The first-order chi connectivity index (χ1) is 5.86. The molecule has 0 atom stereocenters. The maximum Gasteiger partial charge on any atom is 0.316 e. The Hall–Kier alpha value is -0.770. The summed E-state index contributed by atoms with van der Waals surface area (Å²) in [5, 5.41) is 7.80. The summed E-state index contributed by atoms with van der Waals surface area (Å²) in [5.41, 5.74) is 0. The molecule has 1 saturated carbocycles. The summed E-state index contributed by atoms with van der Waals surface area (Å²) in [6.45, 7) is 0. The number of hydrogen-bond donors (Lipinski definition) is 0. The van der Waals surface area contributed by atoms with E-state index in [1.807, 2.05) is 4.57 Å². The van der Waals surface area contributed by atoms with E-state index in [2.05, 4.69) is 10.2 Å². The Morgan fingerprint density at radius 1 is 1.58 bits per heavy atom. The van der Waals surface area contributed by atoms with Gasteiger partial charge in [-0.1, -0.05) is 5.10 Å². The Kier molecular flexibility index (Phi) is 1.92. The molecule has 4 nitrogen and oxygen atoms in total. The van der Waals surface area contributed by atoms with Crippen molar-refractivity contribution in [2.75, 3.05) is 7.11 Å². The van der Waals surface area contributed by atoms with Crippen LogP contribution in [0.25, 0.3) is 0 Å². The van der Waals surface area contributed by atoms with Gasteiger partial charge < -0.3 is 4.74 Å². The first kappa shape index (κ1) is 7.86. The minimum absolute atomic E-state index is 0.396. The normalized spacial score (nSPS) is 16.5. The summed E-state index contributed by atoms with van der Waals surface area (Å²) in [6.07, 6.45) is 2.36. The van der Waals surface area contributed by atoms with Crippen LogP contribution in [0.2, 0.25) is 0 Å². The monoisotopic (exact) mass is 187 g/mol. The van der Waals surface area contributed by atoms with Crippen molar-refractivity contribution in [3.05, 3.63) is 5.82 Å². The van der Waals surface area contributed by atoms with Gasteiger partial charge in [-0.25, -0.2) is 0 Å². The molecule has 0 unspecified atom stereocenters. The number of rotatable bonds is 3. The van der Waals surface area contributed by atoms with Gasteiger partial charge in [-0.15, -0.1) is 16.7 Å². The molecule has 1 aliphatic carbocycles. The molecule has 1 aromatic heterocycles. The van der Waals surface area contributed by atoms with Gasteiger partial charge in [-0.2, -0.15) is 0 Å². The van der Waals surface area contributed by atoms with Crippen molar-refractivity contribution in [1.29, 1.82) is 0 Å². The number of alkyl halides is 1. The Balaban J connectivity index is 2.36. The van der Waals surface area contributed by atoms with Gasteiger partial charge in [0.05, 0.1) is 13.0 Å². The van der Waals surface area contributed by atoms with Crippen LogP contribution in [0.3, 0.4) is 0 Å². The fourth-order valence-electron chi connectivity index (χ4n) is 1.24. The van der Waals surface area contributed by atoms with Gasteiger partial charge in [0.15, 0.2) is 5.82 Å². The molecule has 1 heterocycles. The van der Waals surface area contributed by atoms with Crippen molar-refractivity contribution in [3.63, 3.8) is 0 Å². The molecule has 66 valence electrons. The zero-order valence-electron chi connectivity index (χ0n) is 6.83. The highest BCUT2D eigenvalue weighted by Gasteiger charge is 2.29. The van der Waals surface area contributed by atoms with Gasteiger partial charge in [0, 0.05) is 6.04 Å². The smallest absolute Gasteiger partial charge is 0.316 e. The maximum atomic E-state index is 5.70. The molecule has 2 rings (SSSR count). The van der Waals surface area contributed by atoms with Crippen LogP contribution in [0.1, 0.15) is 24.7 Å². The van der Waals surface area contributed by atoms with Crippen LogP contribution in [0.15, 0.2) is 0 Å². The summed E-state index contributed by atoms with van der Waals surface area (Å²) >= 11 is 5.70. The number of aromatic nitrogens is 3. The summed E-state index contributed by atoms with van der Waals surface area (Å²) < 4.78 is 7.04. The summed E-state index contributed by atoms with van der Waals surface area (Å²) in [6, 6.07) is 1.09. The van der Waals surface area contributed by atoms with Crippen LogP contribution in [-0.2, 0) is 5.88 Å². The van der Waals surface area contributed by atoms with Crippen molar-refractivity contribution >= 4 is 11.6 Å². The number of hydrogen-bond acceptors (Lipinski definition) is 3. The summed E-state index contributed by atoms with van der Waals surface area (Å²) in [7, 11) is 1.60. The maximum absolute atomic E-state index is 5.70. The molecule has 0 saturated heterocycles. The lowest BCUT2D eigenvalue weighted by Gasteiger charge is -2.04. The third kappa shape index (κ3) is 1.16. The lowest BCUT2D eigenvalue weighted by molar-refractivity contribution is 0.355. The standard InChI is InChI=1S/C7H10ClN3O/c1-12-7-10-9-6(4-8)11(7)5-2-3-5/h5H,2-4H2,1H3. The van der Waals surface area contributed by atoms with E-state index in [9.17, 15) is 0 Å². The summed E-state index contributed by atoms with van der Waals surface area (Å²) in [5.74, 6) is 1.20. The van der Waals surface area contributed by atoms with E-state index in [4.69, 9.17) is 16.3 Å². The van der Waals surface area contributed by atoms with Crippen molar-refractivity contribution < 1.29 is 4.74 Å². The SMILES string of the molecule is COc1nnc(CCl)n1C1CC1. The molecule has 12 heavy (non-hydrogen) atoms. The fraction of sp³-hybridized carbons (Fsp3) is 0.714. The zero-order valence-corrected chi connectivity index (χ0v) is 7.58. The Morgan fingerprint density at radius 2 is 2.33 bits per heavy atom. The van der Waals surface area contributed by atoms with E-state index in [1.54, 1.807) is 7.11 Å². The van der Waals surface area contributed by atoms with Crippen LogP contribution < -0.4 is 4.74 Å². The number of methoxy groups -OCH3 is 1. The lowest BCUT2D eigenvalue weighted by Crippen LogP contribution is -2.02. The zero-order chi connectivity index (χ0) is 8.55. The molecule has 0 N–H and O–H groups in total. The molecule has 0 aromatic carbocycles. The second-order valence-corrected chi connectivity index (χ2v) is 3.10. The van der Waals surface area contributed by atoms with Gasteiger partial charge in [-0.3, -0.25) is 4.57 Å². The van der Waals surface area contributed by atoms with Gasteiger partial charge in [-0.05, 0) is 12.8 Å². The van der Waals surface area contributed by atoms with E-state index in [0.717, 1.165) is 5.82 Å². The van der Waals surface area contributed by atoms with Gasteiger partial charge >= 0.3 is 6.01 Å². The molecule has 0 aliphatic heterocycles. The first-order valence-corrected chi connectivity index (χ1v) is 4.44. The fourth-order valence-corrected chi connectivity index (χ4v) is 1.42. The Labute approximate surface area is 75.5 Å². The van der Waals surface area contributed by atoms with Crippen LogP contribution in [-0.4, -0.2) is 21.9 Å². The molecule has 1 fully saturated rings. The predicted octanol–water partition coefficient (Wildman–Crippen LogP) is 1.36. The largest absolute Gasteiger partial charge is 0.467 e. The molecular formula is C7H10ClN3O. The first-order valence-electron chi connectivity index (χ1n) is 3.90. The highest BCUT2D eigenvalue weighted by atomic mass is 35.5. The predicted molar refractivity (Wildman–Crippen MR) is 44.4 cm³/mol. The topological polar surface area (TPSA) is 39.9 Å². The highest BCUT2D eigenvalue weighted by Crippen LogP contribution is 2.38. The number of nitrogens with zero attached hydrogens (tertiary/aromatic N) is 3. The third-order valence-electron chi connectivity index (χ3n) is 1.95. The molecule has 1 aromatic rings. The lowest BCUT2D eigenvalue weighted by atomic mass is 10.6. The second kappa shape index (κ2) is 2.94. The quantitative estimate of drug-likeness (QED) is 0.671. The summed E-state index contributed by atoms with van der Waals surface area (Å²) in [4.78, 5) is 0. The van der Waals surface area contributed by atoms with Crippen LogP contribution >= 0.6 is 11.6 Å². The minimum Gasteiger partial charge on any atom is -0.467 e. The van der Waals surface area contributed by atoms with Gasteiger partial charge in [0.1, 0.15) is 0 Å². The van der Waals surface area contributed by atoms with Crippen LogP contribution in [0.4, 0.5) is 0 Å². The van der Waals surface area contributed by atoms with E-state index >= 15 is 0 Å². The second-order valence-electron chi connectivity index (χ2n) is 2.84. The molecule has 0 bridgehead atoms. The van der Waals surface area contributed by atoms with Crippen molar-refractivity contribution in [3.8, 4) is 6.01 Å². The molecule has 0 radical (unpaired) electrons. The van der Waals surface area contributed by atoms with E-state index in [0.29, 0.717) is 17.9 Å². The highest BCUT2D eigenvalue weighted by molar-refractivity contribution is 6.16. The van der Waals surface area contributed by atoms with Crippen molar-refractivity contribution in [1.82, 2.24) is 14.8 Å².